The maximum Gasteiger partial charge on any atom is 0.255 e. The van der Waals surface area contributed by atoms with Crippen molar-refractivity contribution in [3.63, 3.8) is 0 Å². The van der Waals surface area contributed by atoms with E-state index in [4.69, 9.17) is 4.52 Å². The van der Waals surface area contributed by atoms with Crippen molar-refractivity contribution in [2.75, 3.05) is 17.6 Å². The largest absolute Gasteiger partial charge is 0.339 e. The number of amides is 1. The van der Waals surface area contributed by atoms with Gasteiger partial charge in [0.1, 0.15) is 10.7 Å². The fraction of sp³-hybridized carbons (Fsp3) is 0.348. The molecule has 0 atom stereocenters. The fourth-order valence-corrected chi connectivity index (χ4v) is 4.16. The third-order valence-electron chi connectivity index (χ3n) is 5.54. The zero-order valence-corrected chi connectivity index (χ0v) is 18.5. The number of anilines is 1. The van der Waals surface area contributed by atoms with Gasteiger partial charge in [-0.05, 0) is 54.8 Å². The summed E-state index contributed by atoms with van der Waals surface area (Å²) >= 11 is 0. The van der Waals surface area contributed by atoms with Gasteiger partial charge in [0.15, 0.2) is 0 Å². The minimum absolute atomic E-state index is 0.0945. The predicted octanol–water partition coefficient (Wildman–Crippen LogP) is 3.35. The zero-order chi connectivity index (χ0) is 22.3. The smallest absolute Gasteiger partial charge is 0.255 e. The first kappa shape index (κ1) is 22.2. The van der Waals surface area contributed by atoms with Crippen LogP contribution in [-0.4, -0.2) is 36.8 Å². The number of thiol groups is 1. The second-order valence-electron chi connectivity index (χ2n) is 7.90. The van der Waals surface area contributed by atoms with Crippen LogP contribution in [0.15, 0.2) is 53.1 Å². The Balaban J connectivity index is 1.35. The molecule has 1 saturated carbocycles. The summed E-state index contributed by atoms with van der Waals surface area (Å²) in [4.78, 5) is 17.2. The molecule has 1 heterocycles. The lowest BCUT2D eigenvalue weighted by molar-refractivity contribution is 0.102. The van der Waals surface area contributed by atoms with Crippen LogP contribution in [0.25, 0.3) is 11.4 Å². The van der Waals surface area contributed by atoms with E-state index >= 15 is 0 Å². The van der Waals surface area contributed by atoms with E-state index in [9.17, 15) is 13.2 Å². The van der Waals surface area contributed by atoms with E-state index in [1.54, 1.807) is 18.2 Å². The third-order valence-corrected chi connectivity index (χ3v) is 6.13. The Kier molecular flexibility index (Phi) is 7.28. The zero-order valence-electron chi connectivity index (χ0n) is 17.6. The van der Waals surface area contributed by atoms with Crippen LogP contribution in [0.1, 0.15) is 53.4 Å². The molecule has 9 heteroatoms. The number of nitrogens with one attached hydrogen (secondary N) is 2. The normalized spacial score (nSPS) is 14.2. The highest BCUT2D eigenvalue weighted by Crippen LogP contribution is 2.34. The molecular formula is C23H26N4O4S. The summed E-state index contributed by atoms with van der Waals surface area (Å²) in [6.07, 6.45) is 4.62. The third kappa shape index (κ3) is 5.80. The predicted molar refractivity (Wildman–Crippen MR) is 122 cm³/mol. The van der Waals surface area contributed by atoms with Gasteiger partial charge < -0.3 is 15.2 Å². The lowest BCUT2D eigenvalue weighted by atomic mass is 10.1. The molecule has 168 valence electrons. The molecule has 32 heavy (non-hydrogen) atoms. The van der Waals surface area contributed by atoms with Crippen LogP contribution in [-0.2, 0) is 17.2 Å². The standard InChI is InChI=1S/C23H26N4O4S/c28-22(19-7-3-4-16(14-19)15-24-12-13-32(29)30)25-20-10-8-17(9-11-20)21-26-23(31-27-21)18-5-1-2-6-18/h3-4,7-11,14,18,24,32H,1-2,5-6,12-13,15H2,(H,25,28). The molecule has 0 radical (unpaired) electrons. The molecule has 1 amide bonds. The Hall–Kier alpha value is -3.04. The van der Waals surface area contributed by atoms with Gasteiger partial charge in [0.25, 0.3) is 5.91 Å². The van der Waals surface area contributed by atoms with Crippen molar-refractivity contribution in [3.8, 4) is 11.4 Å². The van der Waals surface area contributed by atoms with Crippen molar-refractivity contribution in [2.45, 2.75) is 38.1 Å². The van der Waals surface area contributed by atoms with E-state index in [0.717, 1.165) is 24.0 Å². The van der Waals surface area contributed by atoms with E-state index in [2.05, 4.69) is 20.8 Å². The summed E-state index contributed by atoms with van der Waals surface area (Å²) in [5.41, 5.74) is 2.94. The van der Waals surface area contributed by atoms with E-state index in [-0.39, 0.29) is 11.7 Å². The number of carbonyl (C=O) groups excluding carboxylic acids is 1. The molecule has 0 aliphatic heterocycles. The van der Waals surface area contributed by atoms with Crippen molar-refractivity contribution in [1.82, 2.24) is 15.5 Å². The molecule has 2 aromatic carbocycles. The van der Waals surface area contributed by atoms with Crippen LogP contribution in [0.2, 0.25) is 0 Å². The maximum absolute atomic E-state index is 12.6. The summed E-state index contributed by atoms with van der Waals surface area (Å²) in [5.74, 6) is 1.52. The van der Waals surface area contributed by atoms with Gasteiger partial charge in [-0.25, -0.2) is 8.42 Å². The Bertz CT molecular complexity index is 1130. The molecule has 0 bridgehead atoms. The van der Waals surface area contributed by atoms with Crippen molar-refractivity contribution in [1.29, 1.82) is 0 Å². The number of carbonyl (C=O) groups is 1. The minimum atomic E-state index is -2.38. The highest BCUT2D eigenvalue weighted by atomic mass is 32.2. The van der Waals surface area contributed by atoms with Crippen LogP contribution < -0.4 is 10.6 Å². The van der Waals surface area contributed by atoms with Gasteiger partial charge >= 0.3 is 0 Å². The monoisotopic (exact) mass is 454 g/mol. The van der Waals surface area contributed by atoms with Gasteiger partial charge in [-0.2, -0.15) is 4.98 Å². The molecular weight excluding hydrogens is 428 g/mol. The van der Waals surface area contributed by atoms with Crippen molar-refractivity contribution in [2.24, 2.45) is 0 Å². The fourth-order valence-electron chi connectivity index (χ4n) is 3.82. The number of hydrogen-bond acceptors (Lipinski definition) is 7. The second-order valence-corrected chi connectivity index (χ2v) is 9.02. The van der Waals surface area contributed by atoms with Gasteiger partial charge in [0.05, 0.1) is 5.75 Å². The molecule has 1 fully saturated rings. The van der Waals surface area contributed by atoms with E-state index in [1.165, 1.54) is 12.8 Å². The molecule has 0 saturated heterocycles. The van der Waals surface area contributed by atoms with Crippen molar-refractivity contribution >= 4 is 22.3 Å². The van der Waals surface area contributed by atoms with Gasteiger partial charge in [0.2, 0.25) is 11.7 Å². The summed E-state index contributed by atoms with van der Waals surface area (Å²) in [7, 11) is -2.38. The Morgan fingerprint density at radius 3 is 2.62 bits per heavy atom. The van der Waals surface area contributed by atoms with Crippen molar-refractivity contribution in [3.05, 3.63) is 65.5 Å². The topological polar surface area (TPSA) is 114 Å². The van der Waals surface area contributed by atoms with Crippen LogP contribution in [0.4, 0.5) is 5.69 Å². The Labute approximate surface area is 188 Å². The number of hydrogen-bond donors (Lipinski definition) is 3. The minimum Gasteiger partial charge on any atom is -0.339 e. The SMILES string of the molecule is O=C(Nc1ccc(-c2noc(C3CCCC3)n2)cc1)c1cccc(CNCC[SH](=O)=O)c1. The summed E-state index contributed by atoms with van der Waals surface area (Å²) in [6.45, 7) is 0.872. The maximum atomic E-state index is 12.6. The average Bonchev–Trinajstić information content (AvgIpc) is 3.49. The first-order valence-electron chi connectivity index (χ1n) is 10.8. The van der Waals surface area contributed by atoms with Gasteiger partial charge in [-0.15, -0.1) is 0 Å². The summed E-state index contributed by atoms with van der Waals surface area (Å²) in [5, 5.41) is 10.1. The van der Waals surface area contributed by atoms with Crippen LogP contribution in [0, 0.1) is 0 Å². The molecule has 4 rings (SSSR count). The molecule has 3 aromatic rings. The molecule has 0 unspecified atom stereocenters. The van der Waals surface area contributed by atoms with E-state index in [1.807, 2.05) is 30.3 Å². The molecule has 0 spiro atoms. The molecule has 2 N–H and O–H groups in total. The molecule has 1 aliphatic rings. The highest BCUT2D eigenvalue weighted by molar-refractivity contribution is 7.72. The quantitative estimate of drug-likeness (QED) is 0.336. The first-order valence-corrected chi connectivity index (χ1v) is 12.1. The van der Waals surface area contributed by atoms with Crippen molar-refractivity contribution < 1.29 is 17.7 Å². The van der Waals surface area contributed by atoms with Gasteiger partial charge in [-0.3, -0.25) is 4.79 Å². The lowest BCUT2D eigenvalue weighted by Crippen LogP contribution is -2.19. The number of benzene rings is 2. The number of nitrogens with zero attached hydrogens (tertiary/aromatic N) is 2. The van der Waals surface area contributed by atoms with E-state index in [0.29, 0.717) is 42.0 Å². The lowest BCUT2D eigenvalue weighted by Gasteiger charge is -2.08. The average molecular weight is 455 g/mol. The summed E-state index contributed by atoms with van der Waals surface area (Å²) in [6, 6.07) is 14.6. The molecule has 1 aromatic heterocycles. The second kappa shape index (κ2) is 10.5. The first-order chi connectivity index (χ1) is 15.6. The van der Waals surface area contributed by atoms with E-state index < -0.39 is 10.7 Å². The molecule has 8 nitrogen and oxygen atoms in total. The van der Waals surface area contributed by atoms with Crippen LogP contribution in [0.5, 0.6) is 0 Å². The van der Waals surface area contributed by atoms with Gasteiger partial charge in [0, 0.05) is 35.8 Å². The molecule has 1 aliphatic carbocycles. The summed E-state index contributed by atoms with van der Waals surface area (Å²) < 4.78 is 26.7. The van der Waals surface area contributed by atoms with Crippen LogP contribution >= 0.6 is 0 Å². The Morgan fingerprint density at radius 2 is 1.88 bits per heavy atom. The van der Waals surface area contributed by atoms with Gasteiger partial charge in [-0.1, -0.05) is 30.1 Å². The number of aromatic nitrogens is 2. The van der Waals surface area contributed by atoms with Crippen LogP contribution in [0.3, 0.4) is 0 Å². The number of rotatable bonds is 9. The highest BCUT2D eigenvalue weighted by Gasteiger charge is 2.23. The Morgan fingerprint density at radius 1 is 1.09 bits per heavy atom.